The van der Waals surface area contributed by atoms with Crippen LogP contribution in [-0.4, -0.2) is 90.5 Å². The molecule has 0 aromatic heterocycles. The van der Waals surface area contributed by atoms with Gasteiger partial charge in [-0.05, 0) is 6.42 Å². The quantitative estimate of drug-likeness (QED) is 0.143. The Hall–Kier alpha value is -4.50. The molecule has 1 unspecified atom stereocenters. The number of hydrogen-bond donors (Lipinski definition) is 7. The topological polar surface area (TPSA) is 210 Å². The van der Waals surface area contributed by atoms with E-state index >= 15 is 4.39 Å². The summed E-state index contributed by atoms with van der Waals surface area (Å²) < 4.78 is 25.9. The molecule has 15 heteroatoms. The monoisotopic (exact) mass is 563 g/mol. The van der Waals surface area contributed by atoms with Crippen LogP contribution in [0.15, 0.2) is 0 Å². The number of rotatable bonds is 6. The van der Waals surface area contributed by atoms with Crippen molar-refractivity contribution in [2.75, 3.05) is 26.3 Å². The predicted molar refractivity (Wildman–Crippen MR) is 129 cm³/mol. The number of aromatic hydroxyl groups is 6. The maximum Gasteiger partial charge on any atom is 0.259 e. The first kappa shape index (κ1) is 27.1. The summed E-state index contributed by atoms with van der Waals surface area (Å²) in [6.07, 6.45) is -0.0524. The standard InChI is InChI=1S/C25H26FN3O11/c26-16-12(19(33)18(32)11(17(16)31)7-28-3-5-39-6-4-28)9-40-23-10-8-29(13-1-2-14(30)27-24(13)37)25(38)15(10)20(34)21(35)22(23)36/h13,31-36H,1-9H2,(H,27,30,37). The average molecular weight is 563 g/mol. The van der Waals surface area contributed by atoms with Crippen molar-refractivity contribution in [3.05, 3.63) is 28.1 Å². The van der Waals surface area contributed by atoms with E-state index < -0.39 is 87.6 Å². The zero-order valence-corrected chi connectivity index (χ0v) is 20.9. The van der Waals surface area contributed by atoms with Crippen molar-refractivity contribution in [1.29, 1.82) is 0 Å². The van der Waals surface area contributed by atoms with Crippen LogP contribution in [-0.2, 0) is 34.0 Å². The minimum Gasteiger partial charge on any atom is -0.504 e. The first-order valence-electron chi connectivity index (χ1n) is 12.3. The number of amides is 3. The SMILES string of the molecule is O=C1CCC(N2Cc3c(OCc4c(O)c(O)c(CN5CCOCC5)c(O)c4F)c(O)c(O)c(O)c3C2=O)C(=O)N1. The number of imide groups is 1. The number of nitrogens with zero attached hydrogens (tertiary/aromatic N) is 2. The van der Waals surface area contributed by atoms with Gasteiger partial charge in [0.05, 0.1) is 36.4 Å². The highest BCUT2D eigenvalue weighted by molar-refractivity contribution is 6.07. The molecular formula is C25H26FN3O11. The fraction of sp³-hybridized carbons (Fsp3) is 0.400. The van der Waals surface area contributed by atoms with Crippen molar-refractivity contribution in [3.63, 3.8) is 0 Å². The molecule has 40 heavy (non-hydrogen) atoms. The van der Waals surface area contributed by atoms with E-state index in [1.54, 1.807) is 4.90 Å². The number of nitrogens with one attached hydrogen (secondary N) is 1. The zero-order valence-electron chi connectivity index (χ0n) is 20.9. The summed E-state index contributed by atoms with van der Waals surface area (Å²) in [6, 6.07) is -1.09. The molecule has 2 saturated heterocycles. The van der Waals surface area contributed by atoms with Crippen LogP contribution in [0.25, 0.3) is 0 Å². The lowest BCUT2D eigenvalue weighted by atomic mass is 10.0. The third-order valence-electron chi connectivity index (χ3n) is 7.27. The molecule has 7 N–H and O–H groups in total. The number of fused-ring (bicyclic) bond motifs is 1. The Bertz CT molecular complexity index is 1390. The van der Waals surface area contributed by atoms with Crippen LogP contribution in [0.5, 0.6) is 40.2 Å². The van der Waals surface area contributed by atoms with Crippen LogP contribution in [0.3, 0.4) is 0 Å². The minimum atomic E-state index is -1.31. The van der Waals surface area contributed by atoms with E-state index in [2.05, 4.69) is 5.32 Å². The predicted octanol–water partition coefficient (Wildman–Crippen LogP) is 0.231. The summed E-state index contributed by atoms with van der Waals surface area (Å²) in [5, 5.41) is 64.8. The van der Waals surface area contributed by atoms with E-state index in [4.69, 9.17) is 9.47 Å². The van der Waals surface area contributed by atoms with Gasteiger partial charge in [0.2, 0.25) is 23.3 Å². The van der Waals surface area contributed by atoms with Crippen molar-refractivity contribution in [2.45, 2.75) is 38.6 Å². The van der Waals surface area contributed by atoms with Crippen LogP contribution in [0.4, 0.5) is 4.39 Å². The average Bonchev–Trinajstić information content (AvgIpc) is 3.27. The van der Waals surface area contributed by atoms with Gasteiger partial charge < -0.3 is 45.0 Å². The smallest absolute Gasteiger partial charge is 0.259 e. The van der Waals surface area contributed by atoms with Gasteiger partial charge >= 0.3 is 0 Å². The first-order valence-corrected chi connectivity index (χ1v) is 12.3. The van der Waals surface area contributed by atoms with Crippen LogP contribution in [0.2, 0.25) is 0 Å². The fourth-order valence-electron chi connectivity index (χ4n) is 5.08. The lowest BCUT2D eigenvalue weighted by Gasteiger charge is -2.29. The van der Waals surface area contributed by atoms with Gasteiger partial charge in [-0.25, -0.2) is 4.39 Å². The summed E-state index contributed by atoms with van der Waals surface area (Å²) in [5.74, 6) is -9.78. The Kier molecular flexibility index (Phi) is 6.93. The molecule has 3 aliphatic rings. The van der Waals surface area contributed by atoms with Gasteiger partial charge in [-0.1, -0.05) is 0 Å². The van der Waals surface area contributed by atoms with Crippen molar-refractivity contribution >= 4 is 17.7 Å². The maximum atomic E-state index is 15.2. The van der Waals surface area contributed by atoms with Gasteiger partial charge in [0.25, 0.3) is 5.91 Å². The number of hydrogen-bond acceptors (Lipinski definition) is 12. The summed E-state index contributed by atoms with van der Waals surface area (Å²) in [4.78, 5) is 39.8. The second-order valence-corrected chi connectivity index (χ2v) is 9.62. The highest BCUT2D eigenvalue weighted by atomic mass is 19.1. The van der Waals surface area contributed by atoms with Crippen LogP contribution >= 0.6 is 0 Å². The van der Waals surface area contributed by atoms with E-state index in [0.717, 1.165) is 4.90 Å². The van der Waals surface area contributed by atoms with Crippen LogP contribution < -0.4 is 10.1 Å². The first-order chi connectivity index (χ1) is 19.0. The second kappa shape index (κ2) is 10.2. The number of phenolic OH excluding ortho intramolecular Hbond substituents is 6. The lowest BCUT2D eigenvalue weighted by Crippen LogP contribution is -2.52. The molecule has 3 heterocycles. The molecule has 2 aromatic rings. The van der Waals surface area contributed by atoms with E-state index in [-0.39, 0.29) is 37.1 Å². The fourth-order valence-corrected chi connectivity index (χ4v) is 5.08. The maximum absolute atomic E-state index is 15.2. The molecule has 14 nitrogen and oxygen atoms in total. The minimum absolute atomic E-state index is 0.00620. The summed E-state index contributed by atoms with van der Waals surface area (Å²) >= 11 is 0. The normalized spacial score (nSPS) is 19.6. The number of halogens is 1. The molecular weight excluding hydrogens is 537 g/mol. The molecule has 3 amide bonds. The van der Waals surface area contributed by atoms with Gasteiger partial charge in [0.1, 0.15) is 12.6 Å². The largest absolute Gasteiger partial charge is 0.504 e. The molecule has 214 valence electrons. The molecule has 0 saturated carbocycles. The molecule has 2 fully saturated rings. The molecule has 5 rings (SSSR count). The van der Waals surface area contributed by atoms with E-state index in [1.165, 1.54) is 0 Å². The van der Waals surface area contributed by atoms with Crippen LogP contribution in [0.1, 0.15) is 39.9 Å². The molecule has 0 radical (unpaired) electrons. The molecule has 0 bridgehead atoms. The van der Waals surface area contributed by atoms with Gasteiger partial charge in [-0.2, -0.15) is 0 Å². The number of carbonyl (C=O) groups excluding carboxylic acids is 3. The zero-order chi connectivity index (χ0) is 28.9. The summed E-state index contributed by atoms with van der Waals surface area (Å²) in [6.45, 7) is 0.349. The number of morpholine rings is 1. The van der Waals surface area contributed by atoms with Crippen LogP contribution in [0, 0.1) is 5.82 Å². The Morgan fingerprint density at radius 2 is 1.57 bits per heavy atom. The van der Waals surface area contributed by atoms with Crippen molar-refractivity contribution < 1.29 is 58.9 Å². The lowest BCUT2D eigenvalue weighted by molar-refractivity contribution is -0.136. The van der Waals surface area contributed by atoms with Crippen molar-refractivity contribution in [3.8, 4) is 40.2 Å². The molecule has 3 aliphatic heterocycles. The number of ether oxygens (including phenoxy) is 2. The Balaban J connectivity index is 1.45. The highest BCUT2D eigenvalue weighted by Crippen LogP contribution is 2.52. The molecule has 0 aliphatic carbocycles. The number of phenols is 6. The van der Waals surface area contributed by atoms with Crippen molar-refractivity contribution in [1.82, 2.24) is 15.1 Å². The number of carbonyl (C=O) groups is 3. The van der Waals surface area contributed by atoms with Gasteiger partial charge in [-0.15, -0.1) is 0 Å². The Morgan fingerprint density at radius 1 is 0.900 bits per heavy atom. The summed E-state index contributed by atoms with van der Waals surface area (Å²) in [7, 11) is 0. The van der Waals surface area contributed by atoms with Gasteiger partial charge in [0, 0.05) is 31.6 Å². The third kappa shape index (κ3) is 4.42. The second-order valence-electron chi connectivity index (χ2n) is 9.62. The highest BCUT2D eigenvalue weighted by Gasteiger charge is 2.44. The van der Waals surface area contributed by atoms with E-state index in [1.807, 2.05) is 0 Å². The molecule has 0 spiro atoms. The van der Waals surface area contributed by atoms with E-state index in [0.29, 0.717) is 26.3 Å². The van der Waals surface area contributed by atoms with E-state index in [9.17, 15) is 45.0 Å². The third-order valence-corrected chi connectivity index (χ3v) is 7.27. The Labute approximate surface area is 225 Å². The number of benzene rings is 2. The Morgan fingerprint density at radius 3 is 2.25 bits per heavy atom. The molecule has 2 aromatic carbocycles. The van der Waals surface area contributed by atoms with Crippen molar-refractivity contribution in [2.24, 2.45) is 0 Å². The summed E-state index contributed by atoms with van der Waals surface area (Å²) in [5.41, 5.74) is -1.57. The van der Waals surface area contributed by atoms with Gasteiger partial charge in [-0.3, -0.25) is 24.6 Å². The molecule has 1 atom stereocenters. The number of piperidine rings is 1. The van der Waals surface area contributed by atoms with Gasteiger partial charge in [0.15, 0.2) is 34.6 Å².